The van der Waals surface area contributed by atoms with Gasteiger partial charge in [-0.1, -0.05) is 0 Å². The van der Waals surface area contributed by atoms with Crippen LogP contribution in [-0.4, -0.2) is 34.2 Å². The molecule has 0 bridgehead atoms. The minimum absolute atomic E-state index is 0.142. The zero-order valence-corrected chi connectivity index (χ0v) is 6.69. The molecule has 2 amide bonds. The van der Waals surface area contributed by atoms with Crippen LogP contribution in [0.15, 0.2) is 0 Å². The smallest absolute Gasteiger partial charge is 0.405 e. The molecule has 7 heteroatoms. The van der Waals surface area contributed by atoms with Crippen molar-refractivity contribution in [3.05, 3.63) is 0 Å². The lowest BCUT2D eigenvalue weighted by Gasteiger charge is -2.10. The van der Waals surface area contributed by atoms with Crippen molar-refractivity contribution < 1.29 is 24.6 Å². The SMILES string of the molecule is NC(=O)CC[C@H](NC(=O)O)C(=O)O. The van der Waals surface area contributed by atoms with Gasteiger partial charge in [0.15, 0.2) is 0 Å². The minimum Gasteiger partial charge on any atom is -0.480 e. The number of hydrogen-bond donors (Lipinski definition) is 4. The molecule has 0 heterocycles. The molecule has 74 valence electrons. The zero-order valence-electron chi connectivity index (χ0n) is 6.69. The summed E-state index contributed by atoms with van der Waals surface area (Å²) in [5.74, 6) is -2.00. The van der Waals surface area contributed by atoms with Crippen molar-refractivity contribution >= 4 is 18.0 Å². The topological polar surface area (TPSA) is 130 Å². The Hall–Kier alpha value is -1.79. The number of carboxylic acid groups (broad SMARTS) is 2. The molecular formula is C6H10N2O5. The lowest BCUT2D eigenvalue weighted by molar-refractivity contribution is -0.139. The Morgan fingerprint density at radius 2 is 1.85 bits per heavy atom. The van der Waals surface area contributed by atoms with Crippen LogP contribution in [0.5, 0.6) is 0 Å². The quantitative estimate of drug-likeness (QED) is 0.440. The van der Waals surface area contributed by atoms with Crippen LogP contribution in [0.4, 0.5) is 4.79 Å². The molecule has 0 radical (unpaired) electrons. The maximum absolute atomic E-state index is 10.4. The summed E-state index contributed by atoms with van der Waals surface area (Å²) in [7, 11) is 0. The predicted molar refractivity (Wildman–Crippen MR) is 41.0 cm³/mol. The molecule has 0 aromatic rings. The van der Waals surface area contributed by atoms with E-state index in [1.807, 2.05) is 0 Å². The van der Waals surface area contributed by atoms with Crippen LogP contribution < -0.4 is 11.1 Å². The maximum atomic E-state index is 10.4. The average Bonchev–Trinajstić information content (AvgIpc) is 1.96. The van der Waals surface area contributed by atoms with E-state index >= 15 is 0 Å². The number of rotatable bonds is 5. The summed E-state index contributed by atoms with van der Waals surface area (Å²) in [6, 6.07) is -1.29. The highest BCUT2D eigenvalue weighted by Gasteiger charge is 2.19. The first-order chi connectivity index (χ1) is 5.93. The summed E-state index contributed by atoms with van der Waals surface area (Å²) in [6.07, 6.45) is -1.76. The Bertz CT molecular complexity index is 227. The Balaban J connectivity index is 4.02. The summed E-state index contributed by atoms with van der Waals surface area (Å²) in [5, 5.41) is 18.4. The molecule has 0 aliphatic rings. The zero-order chi connectivity index (χ0) is 10.4. The molecule has 0 rings (SSSR count). The van der Waals surface area contributed by atoms with Crippen LogP contribution in [0.2, 0.25) is 0 Å². The van der Waals surface area contributed by atoms with E-state index in [-0.39, 0.29) is 12.8 Å². The van der Waals surface area contributed by atoms with Gasteiger partial charge in [0.2, 0.25) is 5.91 Å². The van der Waals surface area contributed by atoms with Gasteiger partial charge in [-0.3, -0.25) is 4.79 Å². The molecule has 0 unspecified atom stereocenters. The summed E-state index contributed by atoms with van der Waals surface area (Å²) < 4.78 is 0. The monoisotopic (exact) mass is 190 g/mol. The molecule has 0 saturated carbocycles. The van der Waals surface area contributed by atoms with Gasteiger partial charge in [-0.05, 0) is 6.42 Å². The fourth-order valence-electron chi connectivity index (χ4n) is 0.693. The van der Waals surface area contributed by atoms with E-state index in [2.05, 4.69) is 0 Å². The molecule has 0 aliphatic heterocycles. The van der Waals surface area contributed by atoms with Crippen LogP contribution >= 0.6 is 0 Å². The first-order valence-electron chi connectivity index (χ1n) is 3.44. The van der Waals surface area contributed by atoms with Gasteiger partial charge in [-0.15, -0.1) is 0 Å². The first kappa shape index (κ1) is 11.2. The van der Waals surface area contributed by atoms with Gasteiger partial charge in [0.1, 0.15) is 6.04 Å². The van der Waals surface area contributed by atoms with Gasteiger partial charge in [0.05, 0.1) is 0 Å². The molecule has 13 heavy (non-hydrogen) atoms. The molecule has 7 nitrogen and oxygen atoms in total. The Morgan fingerprint density at radius 1 is 1.31 bits per heavy atom. The summed E-state index contributed by atoms with van der Waals surface area (Å²) in [6.45, 7) is 0. The number of aliphatic carboxylic acids is 1. The Labute approximate surface area is 73.5 Å². The molecule has 0 aromatic carbocycles. The number of carbonyl (C=O) groups excluding carboxylic acids is 1. The van der Waals surface area contributed by atoms with Crippen LogP contribution in [0.3, 0.4) is 0 Å². The van der Waals surface area contributed by atoms with Crippen LogP contribution in [0, 0.1) is 0 Å². The van der Waals surface area contributed by atoms with Crippen LogP contribution in [0.1, 0.15) is 12.8 Å². The summed E-state index contributed by atoms with van der Waals surface area (Å²) >= 11 is 0. The fraction of sp³-hybridized carbons (Fsp3) is 0.500. The molecule has 5 N–H and O–H groups in total. The van der Waals surface area contributed by atoms with Crippen molar-refractivity contribution in [2.45, 2.75) is 18.9 Å². The van der Waals surface area contributed by atoms with E-state index in [9.17, 15) is 14.4 Å². The van der Waals surface area contributed by atoms with Crippen molar-refractivity contribution in [1.82, 2.24) is 5.32 Å². The third kappa shape index (κ3) is 5.48. The molecule has 0 aromatic heterocycles. The van der Waals surface area contributed by atoms with Crippen molar-refractivity contribution in [2.75, 3.05) is 0 Å². The normalized spacial score (nSPS) is 11.7. The molecule has 0 saturated heterocycles. The standard InChI is InChI=1S/C6H10N2O5/c7-4(9)2-1-3(5(10)11)8-6(12)13/h3,8H,1-2H2,(H2,7,9)(H,10,11)(H,12,13)/t3-/m0/s1. The number of carbonyl (C=O) groups is 3. The molecule has 0 aliphatic carbocycles. The van der Waals surface area contributed by atoms with E-state index < -0.39 is 24.0 Å². The lowest BCUT2D eigenvalue weighted by Crippen LogP contribution is -2.40. The Morgan fingerprint density at radius 3 is 2.15 bits per heavy atom. The van der Waals surface area contributed by atoms with Crippen molar-refractivity contribution in [3.63, 3.8) is 0 Å². The molecule has 0 spiro atoms. The summed E-state index contributed by atoms with van der Waals surface area (Å²) in [5.41, 5.74) is 4.76. The highest BCUT2D eigenvalue weighted by molar-refractivity contribution is 5.80. The highest BCUT2D eigenvalue weighted by Crippen LogP contribution is 1.96. The number of nitrogens with two attached hydrogens (primary N) is 1. The van der Waals surface area contributed by atoms with Gasteiger partial charge in [0, 0.05) is 6.42 Å². The second-order valence-corrected chi connectivity index (χ2v) is 2.35. The third-order valence-electron chi connectivity index (χ3n) is 1.28. The third-order valence-corrected chi connectivity index (χ3v) is 1.28. The maximum Gasteiger partial charge on any atom is 0.405 e. The van der Waals surface area contributed by atoms with Gasteiger partial charge < -0.3 is 21.3 Å². The lowest BCUT2D eigenvalue weighted by atomic mass is 10.1. The van der Waals surface area contributed by atoms with E-state index in [0.29, 0.717) is 0 Å². The number of nitrogens with one attached hydrogen (secondary N) is 1. The van der Waals surface area contributed by atoms with E-state index in [1.54, 1.807) is 5.32 Å². The predicted octanol–water partition coefficient (Wildman–Crippen LogP) is -1.03. The van der Waals surface area contributed by atoms with E-state index in [4.69, 9.17) is 15.9 Å². The van der Waals surface area contributed by atoms with Gasteiger partial charge in [-0.25, -0.2) is 9.59 Å². The number of hydrogen-bond acceptors (Lipinski definition) is 3. The van der Waals surface area contributed by atoms with Crippen LogP contribution in [-0.2, 0) is 9.59 Å². The second-order valence-electron chi connectivity index (χ2n) is 2.35. The van der Waals surface area contributed by atoms with E-state index in [0.717, 1.165) is 0 Å². The molecular weight excluding hydrogens is 180 g/mol. The average molecular weight is 190 g/mol. The van der Waals surface area contributed by atoms with Gasteiger partial charge in [0.25, 0.3) is 0 Å². The van der Waals surface area contributed by atoms with Crippen molar-refractivity contribution in [2.24, 2.45) is 5.73 Å². The van der Waals surface area contributed by atoms with Gasteiger partial charge in [-0.2, -0.15) is 0 Å². The molecule has 1 atom stereocenters. The number of primary amides is 1. The minimum atomic E-state index is -1.45. The Kier molecular flexibility index (Phi) is 4.28. The summed E-state index contributed by atoms with van der Waals surface area (Å²) in [4.78, 5) is 30.7. The van der Waals surface area contributed by atoms with E-state index in [1.165, 1.54) is 0 Å². The largest absolute Gasteiger partial charge is 0.480 e. The van der Waals surface area contributed by atoms with Gasteiger partial charge >= 0.3 is 12.1 Å². The first-order valence-corrected chi connectivity index (χ1v) is 3.44. The fourth-order valence-corrected chi connectivity index (χ4v) is 0.693. The number of carboxylic acids is 1. The second kappa shape index (κ2) is 4.96. The molecule has 0 fully saturated rings. The highest BCUT2D eigenvalue weighted by atomic mass is 16.4. The van der Waals surface area contributed by atoms with Crippen LogP contribution in [0.25, 0.3) is 0 Å². The number of amides is 2. The van der Waals surface area contributed by atoms with Crippen molar-refractivity contribution in [3.8, 4) is 0 Å². The van der Waals surface area contributed by atoms with Crippen molar-refractivity contribution in [1.29, 1.82) is 0 Å².